The monoisotopic (exact) mass is 306 g/mol. The number of nitrogens with zero attached hydrogens (tertiary/aromatic N) is 1. The molecule has 0 aromatic carbocycles. The Morgan fingerprint density at radius 1 is 0.750 bits per heavy atom. The number of hydrogen-bond acceptors (Lipinski definition) is 2. The average molecular weight is 306 g/mol. The van der Waals surface area contributed by atoms with Crippen molar-refractivity contribution in [1.82, 2.24) is 0 Å². The normalized spacial score (nSPS) is 11.3. The molecule has 0 aromatic heterocycles. The van der Waals surface area contributed by atoms with Gasteiger partial charge in [-0.25, -0.2) is 0 Å². The van der Waals surface area contributed by atoms with Gasteiger partial charge in [0.25, 0.3) is 0 Å². The fraction of sp³-hybridized carbons (Fsp3) is 1.00. The van der Waals surface area contributed by atoms with Crippen molar-refractivity contribution >= 4 is 29.3 Å². The van der Waals surface area contributed by atoms with Gasteiger partial charge in [-0.3, -0.25) is 9.11 Å². The summed E-state index contributed by atoms with van der Waals surface area (Å²) in [7, 11) is -4.67. The molecule has 0 saturated heterocycles. The third-order valence-corrected chi connectivity index (χ3v) is 3.08. The predicted molar refractivity (Wildman–Crippen MR) is 86.8 cm³/mol. The molecule has 2 N–H and O–H groups in total. The first kappa shape index (κ1) is 25.4. The van der Waals surface area contributed by atoms with Gasteiger partial charge in [0.15, 0.2) is 0 Å². The van der Waals surface area contributed by atoms with Crippen LogP contribution < -0.4 is 0 Å². The Kier molecular flexibility index (Phi) is 18.2. The van der Waals surface area contributed by atoms with Crippen LogP contribution in [0.3, 0.4) is 0 Å². The molecule has 0 unspecified atom stereocenters. The Hall–Kier alpha value is 0.427. The molecule has 5 nitrogen and oxygen atoms in total. The molecule has 20 heavy (non-hydrogen) atoms. The molecule has 0 aliphatic heterocycles. The van der Waals surface area contributed by atoms with Gasteiger partial charge in [-0.15, -0.1) is 0 Å². The SMILES string of the molecule is CCCC[N+](CCC)(CCC)CCC.O=S(=O)(O)O.[LiH]. The van der Waals surface area contributed by atoms with Crippen LogP contribution >= 0.6 is 0 Å². The maximum atomic E-state index is 8.74. The first-order valence-corrected chi connectivity index (χ1v) is 8.69. The van der Waals surface area contributed by atoms with E-state index in [4.69, 9.17) is 17.5 Å². The molecule has 0 aliphatic carbocycles. The van der Waals surface area contributed by atoms with Crippen molar-refractivity contribution in [3.63, 3.8) is 0 Å². The molecule has 0 radical (unpaired) electrons. The first-order chi connectivity index (χ1) is 8.74. The van der Waals surface area contributed by atoms with Gasteiger partial charge in [0.2, 0.25) is 0 Å². The van der Waals surface area contributed by atoms with E-state index in [9.17, 15) is 0 Å². The van der Waals surface area contributed by atoms with Gasteiger partial charge in [-0.1, -0.05) is 34.1 Å². The number of hydrogen-bond donors (Lipinski definition) is 2. The van der Waals surface area contributed by atoms with Crippen LogP contribution in [0.2, 0.25) is 0 Å². The van der Waals surface area contributed by atoms with Crippen LogP contribution in [0.5, 0.6) is 0 Å². The van der Waals surface area contributed by atoms with Gasteiger partial charge >= 0.3 is 29.3 Å². The Bertz CT molecular complexity index is 272. The summed E-state index contributed by atoms with van der Waals surface area (Å²) < 4.78 is 33.0. The van der Waals surface area contributed by atoms with E-state index in [-0.39, 0.29) is 18.9 Å². The van der Waals surface area contributed by atoms with E-state index >= 15 is 0 Å². The third-order valence-electron chi connectivity index (χ3n) is 3.08. The van der Waals surface area contributed by atoms with Crippen molar-refractivity contribution in [3.05, 3.63) is 0 Å². The Labute approximate surface area is 137 Å². The quantitative estimate of drug-likeness (QED) is 0.390. The van der Waals surface area contributed by atoms with Gasteiger partial charge in [-0.2, -0.15) is 8.42 Å². The molecule has 0 aromatic rings. The zero-order valence-corrected chi connectivity index (χ0v) is 13.7. The molecular formula is C13H33LiNO4S+. The zero-order valence-electron chi connectivity index (χ0n) is 12.9. The van der Waals surface area contributed by atoms with Crippen LogP contribution in [-0.4, -0.2) is 67.0 Å². The Balaban J connectivity index is -0.000000414. The molecule has 0 heterocycles. The van der Waals surface area contributed by atoms with E-state index in [1.54, 1.807) is 0 Å². The summed E-state index contributed by atoms with van der Waals surface area (Å²) in [6.45, 7) is 14.9. The second-order valence-electron chi connectivity index (χ2n) is 5.04. The molecule has 0 saturated carbocycles. The van der Waals surface area contributed by atoms with Crippen LogP contribution in [0, 0.1) is 0 Å². The van der Waals surface area contributed by atoms with Crippen molar-refractivity contribution in [3.8, 4) is 0 Å². The van der Waals surface area contributed by atoms with E-state index in [0.717, 1.165) is 0 Å². The van der Waals surface area contributed by atoms with E-state index in [1.807, 2.05) is 0 Å². The zero-order chi connectivity index (χ0) is 15.4. The molecule has 0 rings (SSSR count). The van der Waals surface area contributed by atoms with E-state index < -0.39 is 10.4 Å². The molecule has 0 bridgehead atoms. The molecule has 0 aliphatic rings. The number of quaternary nitrogens is 1. The molecule has 0 amide bonds. The molecule has 7 heteroatoms. The van der Waals surface area contributed by atoms with Crippen LogP contribution in [0.25, 0.3) is 0 Å². The van der Waals surface area contributed by atoms with Crippen LogP contribution in [0.15, 0.2) is 0 Å². The van der Waals surface area contributed by atoms with Crippen LogP contribution in [0.1, 0.15) is 59.8 Å². The van der Waals surface area contributed by atoms with Gasteiger partial charge in [0.05, 0.1) is 26.2 Å². The standard InChI is InChI=1S/C13H30N.Li.H2O4S.H/c1-5-9-13-14(10-6-2,11-7-3)12-8-4;;1-5(2,3)4;/h5-13H2,1-4H3;;(H2,1,2,3,4);/q+1;;;. The summed E-state index contributed by atoms with van der Waals surface area (Å²) in [6, 6.07) is 0. The average Bonchev–Trinajstić information content (AvgIpc) is 2.25. The Morgan fingerprint density at radius 3 is 1.25 bits per heavy atom. The van der Waals surface area contributed by atoms with Crippen molar-refractivity contribution in [1.29, 1.82) is 0 Å². The first-order valence-electron chi connectivity index (χ1n) is 7.29. The summed E-state index contributed by atoms with van der Waals surface area (Å²) in [4.78, 5) is 0. The summed E-state index contributed by atoms with van der Waals surface area (Å²) >= 11 is 0. The summed E-state index contributed by atoms with van der Waals surface area (Å²) in [5.41, 5.74) is 0. The van der Waals surface area contributed by atoms with Gasteiger partial charge in [-0.05, 0) is 25.7 Å². The van der Waals surface area contributed by atoms with Crippen LogP contribution in [0.4, 0.5) is 0 Å². The fourth-order valence-corrected chi connectivity index (χ4v) is 2.59. The van der Waals surface area contributed by atoms with E-state index in [0.29, 0.717) is 0 Å². The van der Waals surface area contributed by atoms with E-state index in [2.05, 4.69) is 27.7 Å². The van der Waals surface area contributed by atoms with Gasteiger partial charge in [0, 0.05) is 0 Å². The van der Waals surface area contributed by atoms with Crippen molar-refractivity contribution in [2.24, 2.45) is 0 Å². The predicted octanol–water partition coefficient (Wildman–Crippen LogP) is 2.53. The van der Waals surface area contributed by atoms with E-state index in [1.165, 1.54) is 62.8 Å². The molecule has 120 valence electrons. The molecule has 0 atom stereocenters. The number of unbranched alkanes of at least 4 members (excludes halogenated alkanes) is 1. The van der Waals surface area contributed by atoms with Gasteiger partial charge < -0.3 is 4.48 Å². The minimum atomic E-state index is -4.67. The fourth-order valence-electron chi connectivity index (χ4n) is 2.59. The molecular weight excluding hydrogens is 273 g/mol. The second kappa shape index (κ2) is 14.4. The Morgan fingerprint density at radius 2 is 1.05 bits per heavy atom. The molecule has 0 spiro atoms. The minimum absolute atomic E-state index is 0. The van der Waals surface area contributed by atoms with Gasteiger partial charge in [0.1, 0.15) is 0 Å². The second-order valence-corrected chi connectivity index (χ2v) is 5.93. The molecule has 0 fully saturated rings. The van der Waals surface area contributed by atoms with Crippen molar-refractivity contribution in [2.45, 2.75) is 59.8 Å². The summed E-state index contributed by atoms with van der Waals surface area (Å²) in [5, 5.41) is 0. The van der Waals surface area contributed by atoms with Crippen molar-refractivity contribution < 1.29 is 22.0 Å². The maximum absolute atomic E-state index is 8.74. The number of rotatable bonds is 9. The third kappa shape index (κ3) is 18.4. The topological polar surface area (TPSA) is 74.6 Å². The summed E-state index contributed by atoms with van der Waals surface area (Å²) in [6.07, 6.45) is 6.76. The van der Waals surface area contributed by atoms with Crippen molar-refractivity contribution in [2.75, 3.05) is 26.2 Å². The summed E-state index contributed by atoms with van der Waals surface area (Å²) in [5.74, 6) is 0. The van der Waals surface area contributed by atoms with Crippen LogP contribution in [-0.2, 0) is 10.4 Å².